The first-order valence-electron chi connectivity index (χ1n) is 13.0. The average molecular weight is 524 g/mol. The highest BCUT2D eigenvalue weighted by atomic mass is 16.5. The molecule has 1 N–H and O–H groups in total. The zero-order chi connectivity index (χ0) is 27.3. The maximum atomic E-state index is 13.0. The van der Waals surface area contributed by atoms with E-state index in [4.69, 9.17) is 14.2 Å². The van der Waals surface area contributed by atoms with Gasteiger partial charge in [0.15, 0.2) is 0 Å². The van der Waals surface area contributed by atoms with Gasteiger partial charge in [0.25, 0.3) is 5.91 Å². The van der Waals surface area contributed by atoms with Crippen LogP contribution in [0.1, 0.15) is 33.5 Å². The third-order valence-electron chi connectivity index (χ3n) is 6.22. The Balaban J connectivity index is 1.30. The van der Waals surface area contributed by atoms with Crippen molar-refractivity contribution in [3.05, 3.63) is 131 Å². The quantitative estimate of drug-likeness (QED) is 0.177. The first-order chi connectivity index (χ1) is 19.1. The number of carbonyl (C=O) groups excluding carboxylic acids is 2. The summed E-state index contributed by atoms with van der Waals surface area (Å²) >= 11 is 0. The Bertz CT molecular complexity index is 1320. The minimum absolute atomic E-state index is 0.285. The zero-order valence-corrected chi connectivity index (χ0v) is 22.0. The fourth-order valence-electron chi connectivity index (χ4n) is 4.11. The Morgan fingerprint density at radius 1 is 0.718 bits per heavy atom. The third kappa shape index (κ3) is 8.75. The van der Waals surface area contributed by atoms with Crippen molar-refractivity contribution in [2.75, 3.05) is 13.7 Å². The minimum atomic E-state index is -0.839. The summed E-state index contributed by atoms with van der Waals surface area (Å²) in [5.41, 5.74) is 3.62. The van der Waals surface area contributed by atoms with Gasteiger partial charge in [0.2, 0.25) is 0 Å². The highest BCUT2D eigenvalue weighted by molar-refractivity contribution is 5.97. The van der Waals surface area contributed by atoms with Crippen LogP contribution in [0.2, 0.25) is 0 Å². The summed E-state index contributed by atoms with van der Waals surface area (Å²) < 4.78 is 16.7. The molecule has 1 amide bonds. The normalized spacial score (nSPS) is 11.3. The smallest absolute Gasteiger partial charge is 0.328 e. The van der Waals surface area contributed by atoms with E-state index in [0.717, 1.165) is 29.7 Å². The van der Waals surface area contributed by atoms with Crippen LogP contribution in [0.3, 0.4) is 0 Å². The largest absolute Gasteiger partial charge is 0.494 e. The fourth-order valence-corrected chi connectivity index (χ4v) is 4.11. The molecule has 0 spiro atoms. The van der Waals surface area contributed by atoms with Crippen molar-refractivity contribution in [2.45, 2.75) is 31.9 Å². The second kappa shape index (κ2) is 14.4. The molecule has 6 heteroatoms. The van der Waals surface area contributed by atoms with Gasteiger partial charge in [0.1, 0.15) is 24.1 Å². The molecule has 200 valence electrons. The van der Waals surface area contributed by atoms with Crippen LogP contribution in [0.5, 0.6) is 11.5 Å². The van der Waals surface area contributed by atoms with Crippen LogP contribution in [-0.4, -0.2) is 31.6 Å². The molecule has 0 aliphatic carbocycles. The van der Waals surface area contributed by atoms with Crippen molar-refractivity contribution >= 4 is 11.9 Å². The van der Waals surface area contributed by atoms with Crippen molar-refractivity contribution < 1.29 is 23.8 Å². The van der Waals surface area contributed by atoms with Gasteiger partial charge in [-0.1, -0.05) is 78.9 Å². The number of nitrogens with one attached hydrogen (secondary N) is 1. The molecular weight excluding hydrogens is 490 g/mol. The summed E-state index contributed by atoms with van der Waals surface area (Å²) in [6.07, 6.45) is 2.07. The second-order valence-corrected chi connectivity index (χ2v) is 9.14. The summed E-state index contributed by atoms with van der Waals surface area (Å²) in [6.45, 7) is 1.01. The molecule has 4 rings (SSSR count). The van der Waals surface area contributed by atoms with Gasteiger partial charge in [-0.25, -0.2) is 4.79 Å². The molecule has 1 atom stereocenters. The molecule has 4 aromatic rings. The SMILES string of the molecule is COC(=O)[C@H](Cc1ccc(OCc2ccccc2)cc1)NC(=O)c1cccc(OCCCc2ccccc2)c1. The van der Waals surface area contributed by atoms with Crippen LogP contribution in [-0.2, 0) is 29.0 Å². The van der Waals surface area contributed by atoms with Crippen LogP contribution in [0.25, 0.3) is 0 Å². The number of hydrogen-bond donors (Lipinski definition) is 1. The number of carbonyl (C=O) groups is 2. The van der Waals surface area contributed by atoms with Crippen LogP contribution in [0.4, 0.5) is 0 Å². The predicted molar refractivity (Wildman–Crippen MR) is 151 cm³/mol. The number of amides is 1. The van der Waals surface area contributed by atoms with E-state index in [1.807, 2.05) is 78.9 Å². The van der Waals surface area contributed by atoms with Gasteiger partial charge in [0, 0.05) is 12.0 Å². The number of methoxy groups -OCH3 is 1. The van der Waals surface area contributed by atoms with Crippen molar-refractivity contribution in [2.24, 2.45) is 0 Å². The first kappa shape index (κ1) is 27.5. The Morgan fingerprint density at radius 3 is 2.10 bits per heavy atom. The van der Waals surface area contributed by atoms with Crippen molar-refractivity contribution in [1.82, 2.24) is 5.32 Å². The number of hydrogen-bond acceptors (Lipinski definition) is 5. The molecule has 0 unspecified atom stereocenters. The Labute approximate surface area is 229 Å². The van der Waals surface area contributed by atoms with Gasteiger partial charge in [-0.3, -0.25) is 4.79 Å². The van der Waals surface area contributed by atoms with Crippen LogP contribution in [0, 0.1) is 0 Å². The van der Waals surface area contributed by atoms with Crippen LogP contribution in [0.15, 0.2) is 109 Å². The molecule has 0 aromatic heterocycles. The molecule has 39 heavy (non-hydrogen) atoms. The molecule has 0 aliphatic rings. The fraction of sp³-hybridized carbons (Fsp3) is 0.212. The van der Waals surface area contributed by atoms with E-state index in [1.165, 1.54) is 12.7 Å². The number of esters is 1. The maximum Gasteiger partial charge on any atom is 0.328 e. The van der Waals surface area contributed by atoms with E-state index in [1.54, 1.807) is 18.2 Å². The lowest BCUT2D eigenvalue weighted by Crippen LogP contribution is -2.43. The molecule has 0 saturated heterocycles. The summed E-state index contributed by atoms with van der Waals surface area (Å²) in [5.74, 6) is 0.447. The van der Waals surface area contributed by atoms with E-state index in [2.05, 4.69) is 17.4 Å². The van der Waals surface area contributed by atoms with E-state index in [9.17, 15) is 9.59 Å². The topological polar surface area (TPSA) is 73.9 Å². The second-order valence-electron chi connectivity index (χ2n) is 9.14. The molecule has 0 bridgehead atoms. The monoisotopic (exact) mass is 523 g/mol. The Hall–Kier alpha value is -4.58. The van der Waals surface area contributed by atoms with E-state index in [0.29, 0.717) is 24.5 Å². The highest BCUT2D eigenvalue weighted by Gasteiger charge is 2.23. The van der Waals surface area contributed by atoms with Crippen molar-refractivity contribution in [1.29, 1.82) is 0 Å². The van der Waals surface area contributed by atoms with Gasteiger partial charge < -0.3 is 19.5 Å². The predicted octanol–water partition coefficient (Wildman–Crippen LogP) is 5.79. The van der Waals surface area contributed by atoms with Gasteiger partial charge in [-0.2, -0.15) is 0 Å². The lowest BCUT2D eigenvalue weighted by Gasteiger charge is -2.17. The molecule has 0 saturated carbocycles. The summed E-state index contributed by atoms with van der Waals surface area (Å²) in [4.78, 5) is 25.5. The molecule has 4 aromatic carbocycles. The van der Waals surface area contributed by atoms with Gasteiger partial charge in [0.05, 0.1) is 13.7 Å². The summed E-state index contributed by atoms with van der Waals surface area (Å²) in [7, 11) is 1.31. The van der Waals surface area contributed by atoms with Crippen LogP contribution < -0.4 is 14.8 Å². The molecule has 0 aliphatic heterocycles. The lowest BCUT2D eigenvalue weighted by atomic mass is 10.0. The van der Waals surface area contributed by atoms with Gasteiger partial charge >= 0.3 is 5.97 Å². The molecule has 6 nitrogen and oxygen atoms in total. The first-order valence-corrected chi connectivity index (χ1v) is 13.0. The average Bonchev–Trinajstić information content (AvgIpc) is 2.99. The summed E-state index contributed by atoms with van der Waals surface area (Å²) in [6, 6.07) is 33.8. The number of ether oxygens (including phenoxy) is 3. The molecule has 0 fully saturated rings. The van der Waals surface area contributed by atoms with Crippen molar-refractivity contribution in [3.8, 4) is 11.5 Å². The number of benzene rings is 4. The molecule has 0 heterocycles. The van der Waals surface area contributed by atoms with E-state index in [-0.39, 0.29) is 12.3 Å². The highest BCUT2D eigenvalue weighted by Crippen LogP contribution is 2.17. The standard InChI is InChI=1S/C33H33NO5/c1-37-33(36)31(22-26-17-19-29(20-18-26)39-24-27-12-6-3-7-13-27)34-32(35)28-15-8-16-30(23-28)38-21-9-14-25-10-4-2-5-11-25/h2-8,10-13,15-20,23,31H,9,14,21-22,24H2,1H3,(H,34,35)/t31-/m0/s1. The minimum Gasteiger partial charge on any atom is -0.494 e. The Morgan fingerprint density at radius 2 is 1.41 bits per heavy atom. The molecule has 0 radical (unpaired) electrons. The van der Waals surface area contributed by atoms with Gasteiger partial charge in [-0.05, 0) is 59.9 Å². The number of rotatable bonds is 13. The van der Waals surface area contributed by atoms with E-state index >= 15 is 0 Å². The zero-order valence-electron chi connectivity index (χ0n) is 22.0. The Kier molecular flexibility index (Phi) is 10.1. The lowest BCUT2D eigenvalue weighted by molar-refractivity contribution is -0.142. The third-order valence-corrected chi connectivity index (χ3v) is 6.22. The van der Waals surface area contributed by atoms with E-state index < -0.39 is 12.0 Å². The molecular formula is C33H33NO5. The van der Waals surface area contributed by atoms with Gasteiger partial charge in [-0.15, -0.1) is 0 Å². The number of aryl methyl sites for hydroxylation is 1. The van der Waals surface area contributed by atoms with Crippen molar-refractivity contribution in [3.63, 3.8) is 0 Å². The maximum absolute atomic E-state index is 13.0. The summed E-state index contributed by atoms with van der Waals surface area (Å²) in [5, 5.41) is 2.81. The van der Waals surface area contributed by atoms with Crippen LogP contribution >= 0.6 is 0 Å².